The second-order valence-electron chi connectivity index (χ2n) is 3.47. The highest BCUT2D eigenvalue weighted by Gasteiger charge is 2.07. The minimum absolute atomic E-state index is 0.0810. The fourth-order valence-corrected chi connectivity index (χ4v) is 0.785. The quantitative estimate of drug-likeness (QED) is 0.295. The number of carbonyl (C=O) groups is 1. The van der Waals surface area contributed by atoms with Gasteiger partial charge in [-0.15, -0.1) is 6.58 Å². The van der Waals surface area contributed by atoms with E-state index in [4.69, 9.17) is 5.26 Å². The minimum Gasteiger partial charge on any atom is -0.386 e. The van der Waals surface area contributed by atoms with E-state index < -0.39 is 0 Å². The Bertz CT molecular complexity index is 287. The van der Waals surface area contributed by atoms with Crippen LogP contribution in [-0.2, 0) is 4.79 Å². The largest absolute Gasteiger partial charge is 0.386 e. The summed E-state index contributed by atoms with van der Waals surface area (Å²) in [5.41, 5.74) is 0.0810. The first kappa shape index (κ1) is 13.2. The molecule has 4 heteroatoms. The zero-order valence-corrected chi connectivity index (χ0v) is 9.21. The maximum atomic E-state index is 11.4. The SMILES string of the molecule is C=CCN/C=C(/C#N)C(=O)NCC(C)C. The Morgan fingerprint density at radius 2 is 2.27 bits per heavy atom. The second-order valence-corrected chi connectivity index (χ2v) is 3.47. The Morgan fingerprint density at radius 1 is 1.60 bits per heavy atom. The third-order valence-electron chi connectivity index (χ3n) is 1.54. The van der Waals surface area contributed by atoms with Crippen LogP contribution in [0.5, 0.6) is 0 Å². The van der Waals surface area contributed by atoms with Crippen LogP contribution >= 0.6 is 0 Å². The molecule has 0 aromatic heterocycles. The van der Waals surface area contributed by atoms with Crippen LogP contribution in [0, 0.1) is 17.2 Å². The zero-order valence-electron chi connectivity index (χ0n) is 9.21. The van der Waals surface area contributed by atoms with Crippen molar-refractivity contribution in [2.45, 2.75) is 13.8 Å². The molecule has 0 heterocycles. The molecule has 0 rings (SSSR count). The fraction of sp³-hybridized carbons (Fsp3) is 0.455. The van der Waals surface area contributed by atoms with Gasteiger partial charge in [0.15, 0.2) is 0 Å². The van der Waals surface area contributed by atoms with Gasteiger partial charge in [0, 0.05) is 19.3 Å². The number of rotatable bonds is 6. The fourth-order valence-electron chi connectivity index (χ4n) is 0.785. The number of nitriles is 1. The van der Waals surface area contributed by atoms with Crippen molar-refractivity contribution in [1.82, 2.24) is 10.6 Å². The predicted molar refractivity (Wildman–Crippen MR) is 59.7 cm³/mol. The highest BCUT2D eigenvalue weighted by atomic mass is 16.1. The van der Waals surface area contributed by atoms with E-state index in [2.05, 4.69) is 17.2 Å². The molecule has 0 fully saturated rings. The van der Waals surface area contributed by atoms with Crippen LogP contribution in [0.1, 0.15) is 13.8 Å². The minimum atomic E-state index is -0.345. The normalized spacial score (nSPS) is 10.7. The number of hydrogen-bond donors (Lipinski definition) is 2. The van der Waals surface area contributed by atoms with Crippen LogP contribution < -0.4 is 10.6 Å². The third kappa shape index (κ3) is 6.33. The van der Waals surface area contributed by atoms with Gasteiger partial charge in [0.25, 0.3) is 5.91 Å². The van der Waals surface area contributed by atoms with E-state index in [0.29, 0.717) is 19.0 Å². The van der Waals surface area contributed by atoms with Gasteiger partial charge in [0.05, 0.1) is 0 Å². The summed E-state index contributed by atoms with van der Waals surface area (Å²) in [5, 5.41) is 14.2. The van der Waals surface area contributed by atoms with Gasteiger partial charge in [0.1, 0.15) is 11.6 Å². The van der Waals surface area contributed by atoms with Crippen molar-refractivity contribution in [3.05, 3.63) is 24.4 Å². The van der Waals surface area contributed by atoms with Gasteiger partial charge in [0.2, 0.25) is 0 Å². The van der Waals surface area contributed by atoms with Gasteiger partial charge in [-0.2, -0.15) is 5.26 Å². The van der Waals surface area contributed by atoms with Gasteiger partial charge in [-0.1, -0.05) is 19.9 Å². The van der Waals surface area contributed by atoms with Crippen LogP contribution in [0.2, 0.25) is 0 Å². The molecule has 82 valence electrons. The maximum absolute atomic E-state index is 11.4. The Hall–Kier alpha value is -1.76. The van der Waals surface area contributed by atoms with Crippen molar-refractivity contribution in [3.63, 3.8) is 0 Å². The summed E-state index contributed by atoms with van der Waals surface area (Å²) in [6.07, 6.45) is 3.05. The number of hydrogen-bond acceptors (Lipinski definition) is 3. The average molecular weight is 207 g/mol. The third-order valence-corrected chi connectivity index (χ3v) is 1.54. The highest BCUT2D eigenvalue weighted by molar-refractivity contribution is 5.97. The van der Waals surface area contributed by atoms with Gasteiger partial charge >= 0.3 is 0 Å². The number of amides is 1. The molecule has 0 unspecified atom stereocenters. The van der Waals surface area contributed by atoms with Crippen LogP contribution in [0.15, 0.2) is 24.4 Å². The Kier molecular flexibility index (Phi) is 6.73. The van der Waals surface area contributed by atoms with Gasteiger partial charge in [-0.3, -0.25) is 4.79 Å². The Labute approximate surface area is 90.7 Å². The molecule has 15 heavy (non-hydrogen) atoms. The van der Waals surface area contributed by atoms with Gasteiger partial charge < -0.3 is 10.6 Å². The summed E-state index contributed by atoms with van der Waals surface area (Å²) in [5.74, 6) is 0.0257. The number of carbonyl (C=O) groups excluding carboxylic acids is 1. The molecule has 0 bridgehead atoms. The molecule has 0 aliphatic carbocycles. The topological polar surface area (TPSA) is 64.9 Å². The standard InChI is InChI=1S/C11H17N3O/c1-4-5-13-8-10(6-12)11(15)14-7-9(2)3/h4,8-9,13H,1,5,7H2,2-3H3,(H,14,15)/b10-8-. The monoisotopic (exact) mass is 207 g/mol. The molecule has 0 saturated carbocycles. The molecular weight excluding hydrogens is 190 g/mol. The highest BCUT2D eigenvalue weighted by Crippen LogP contribution is 1.93. The summed E-state index contributed by atoms with van der Waals surface area (Å²) in [6.45, 7) is 8.60. The number of nitrogens with one attached hydrogen (secondary N) is 2. The lowest BCUT2D eigenvalue weighted by atomic mass is 10.2. The summed E-state index contributed by atoms with van der Waals surface area (Å²) in [4.78, 5) is 11.4. The lowest BCUT2D eigenvalue weighted by molar-refractivity contribution is -0.117. The van der Waals surface area contributed by atoms with Crippen molar-refractivity contribution in [2.24, 2.45) is 5.92 Å². The van der Waals surface area contributed by atoms with Gasteiger partial charge in [-0.25, -0.2) is 0 Å². The van der Waals surface area contributed by atoms with Crippen LogP contribution in [-0.4, -0.2) is 19.0 Å². The van der Waals surface area contributed by atoms with E-state index in [-0.39, 0.29) is 11.5 Å². The summed E-state index contributed by atoms with van der Waals surface area (Å²) < 4.78 is 0. The van der Waals surface area contributed by atoms with Crippen LogP contribution in [0.3, 0.4) is 0 Å². The lowest BCUT2D eigenvalue weighted by Crippen LogP contribution is -2.29. The molecular formula is C11H17N3O. The summed E-state index contributed by atoms with van der Waals surface area (Å²) in [7, 11) is 0. The van der Waals surface area contributed by atoms with Crippen molar-refractivity contribution < 1.29 is 4.79 Å². The van der Waals surface area contributed by atoms with Crippen molar-refractivity contribution in [1.29, 1.82) is 5.26 Å². The molecule has 0 spiro atoms. The molecule has 0 radical (unpaired) electrons. The molecule has 4 nitrogen and oxygen atoms in total. The van der Waals surface area contributed by atoms with Crippen LogP contribution in [0.25, 0.3) is 0 Å². The van der Waals surface area contributed by atoms with E-state index in [1.807, 2.05) is 19.9 Å². The lowest BCUT2D eigenvalue weighted by Gasteiger charge is -2.06. The molecule has 2 N–H and O–H groups in total. The molecule has 0 atom stereocenters. The van der Waals surface area contributed by atoms with Crippen molar-refractivity contribution >= 4 is 5.91 Å². The van der Waals surface area contributed by atoms with Gasteiger partial charge in [-0.05, 0) is 5.92 Å². The predicted octanol–water partition coefficient (Wildman–Crippen LogP) is 0.942. The Balaban J connectivity index is 4.17. The molecule has 0 aliphatic heterocycles. The Morgan fingerprint density at radius 3 is 2.73 bits per heavy atom. The summed E-state index contributed by atoms with van der Waals surface area (Å²) >= 11 is 0. The van der Waals surface area contributed by atoms with E-state index in [1.54, 1.807) is 6.08 Å². The first-order valence-electron chi connectivity index (χ1n) is 4.84. The van der Waals surface area contributed by atoms with Crippen molar-refractivity contribution in [2.75, 3.05) is 13.1 Å². The zero-order chi connectivity index (χ0) is 11.7. The summed E-state index contributed by atoms with van der Waals surface area (Å²) in [6, 6.07) is 1.84. The van der Waals surface area contributed by atoms with E-state index in [9.17, 15) is 4.79 Å². The van der Waals surface area contributed by atoms with E-state index in [0.717, 1.165) is 0 Å². The second kappa shape index (κ2) is 7.63. The first-order valence-corrected chi connectivity index (χ1v) is 4.84. The maximum Gasteiger partial charge on any atom is 0.263 e. The smallest absolute Gasteiger partial charge is 0.263 e. The number of nitrogens with zero attached hydrogens (tertiary/aromatic N) is 1. The molecule has 0 aromatic carbocycles. The van der Waals surface area contributed by atoms with Crippen molar-refractivity contribution in [3.8, 4) is 6.07 Å². The molecule has 1 amide bonds. The molecule has 0 aliphatic rings. The molecule has 0 saturated heterocycles. The first-order chi connectivity index (χ1) is 7.11. The average Bonchev–Trinajstić information content (AvgIpc) is 2.21. The van der Waals surface area contributed by atoms with E-state index in [1.165, 1.54) is 6.20 Å². The molecule has 0 aromatic rings. The van der Waals surface area contributed by atoms with Crippen LogP contribution in [0.4, 0.5) is 0 Å². The van der Waals surface area contributed by atoms with E-state index >= 15 is 0 Å².